The molecule has 4 rings (SSSR count). The fourth-order valence-corrected chi connectivity index (χ4v) is 3.80. The summed E-state index contributed by atoms with van der Waals surface area (Å²) in [5.41, 5.74) is 7.71. The van der Waals surface area contributed by atoms with E-state index >= 15 is 0 Å². The molecule has 0 radical (unpaired) electrons. The first-order valence-electron chi connectivity index (χ1n) is 11.4. The summed E-state index contributed by atoms with van der Waals surface area (Å²) in [5.74, 6) is 1.03. The topological polar surface area (TPSA) is 83.6 Å². The quantitative estimate of drug-likeness (QED) is 0.282. The molecule has 4 aromatic carbocycles. The lowest BCUT2D eigenvalue weighted by Gasteiger charge is -2.09. The van der Waals surface area contributed by atoms with Crippen molar-refractivity contribution in [3.8, 4) is 34.1 Å². The van der Waals surface area contributed by atoms with Crippen LogP contribution in [0.15, 0.2) is 82.8 Å². The number of hydrogen-bond acceptors (Lipinski definition) is 6. The SMILES string of the molecule is COc1cc(C=Nc2ccc(-c3ccc(N=Cc4ccc(O)c(OC)c4)c(C)c3)cc2C)ccc1O. The highest BCUT2D eigenvalue weighted by Gasteiger charge is 2.06. The number of phenolic OH excluding ortho intramolecular Hbond substituents is 2. The van der Waals surface area contributed by atoms with Gasteiger partial charge in [0.15, 0.2) is 23.0 Å². The van der Waals surface area contributed by atoms with Crippen molar-refractivity contribution in [1.29, 1.82) is 0 Å². The first-order chi connectivity index (χ1) is 17.4. The number of benzene rings is 4. The molecule has 2 N–H and O–H groups in total. The summed E-state index contributed by atoms with van der Waals surface area (Å²) >= 11 is 0. The van der Waals surface area contributed by atoms with Crippen molar-refractivity contribution in [2.75, 3.05) is 14.2 Å². The molecule has 0 aliphatic carbocycles. The molecule has 0 spiro atoms. The van der Waals surface area contributed by atoms with Crippen LogP contribution in [0.4, 0.5) is 11.4 Å². The van der Waals surface area contributed by atoms with E-state index in [4.69, 9.17) is 9.47 Å². The lowest BCUT2D eigenvalue weighted by molar-refractivity contribution is 0.373. The van der Waals surface area contributed by atoms with Crippen LogP contribution in [-0.2, 0) is 0 Å². The molecule has 0 heterocycles. The average molecular weight is 481 g/mol. The number of phenols is 2. The van der Waals surface area contributed by atoms with E-state index in [9.17, 15) is 10.2 Å². The maximum Gasteiger partial charge on any atom is 0.161 e. The van der Waals surface area contributed by atoms with E-state index in [1.165, 1.54) is 14.2 Å². The van der Waals surface area contributed by atoms with Crippen molar-refractivity contribution >= 4 is 23.8 Å². The van der Waals surface area contributed by atoms with Crippen molar-refractivity contribution in [3.63, 3.8) is 0 Å². The van der Waals surface area contributed by atoms with Crippen LogP contribution in [0.25, 0.3) is 11.1 Å². The van der Waals surface area contributed by atoms with Crippen LogP contribution in [0.5, 0.6) is 23.0 Å². The molecule has 0 unspecified atom stereocenters. The summed E-state index contributed by atoms with van der Waals surface area (Å²) in [6.07, 6.45) is 3.51. The normalized spacial score (nSPS) is 11.3. The Morgan fingerprint density at radius 1 is 0.583 bits per heavy atom. The van der Waals surface area contributed by atoms with E-state index < -0.39 is 0 Å². The predicted molar refractivity (Wildman–Crippen MR) is 145 cm³/mol. The van der Waals surface area contributed by atoms with Gasteiger partial charge in [-0.15, -0.1) is 0 Å². The van der Waals surface area contributed by atoms with Crippen LogP contribution in [0, 0.1) is 13.8 Å². The second-order valence-corrected chi connectivity index (χ2v) is 8.38. The number of methoxy groups -OCH3 is 2. The standard InChI is InChI=1S/C30H28N2O4/c1-19-13-23(7-9-25(19)31-17-21-5-11-27(33)29(15-21)35-3)24-8-10-26(20(2)14-24)32-18-22-6-12-28(34)30(16-22)36-4/h5-18,33-34H,1-4H3. The van der Waals surface area contributed by atoms with Crippen molar-refractivity contribution in [1.82, 2.24) is 0 Å². The number of aliphatic imine (C=N–C) groups is 2. The third-order valence-electron chi connectivity index (χ3n) is 5.84. The third-order valence-corrected chi connectivity index (χ3v) is 5.84. The molecule has 4 aromatic rings. The third kappa shape index (κ3) is 5.55. The molecular formula is C30H28N2O4. The Bertz CT molecular complexity index is 1350. The van der Waals surface area contributed by atoms with Gasteiger partial charge in [-0.1, -0.05) is 12.1 Å². The van der Waals surface area contributed by atoms with Crippen LogP contribution in [0.2, 0.25) is 0 Å². The summed E-state index contributed by atoms with van der Waals surface area (Å²) < 4.78 is 10.3. The summed E-state index contributed by atoms with van der Waals surface area (Å²) in [6, 6.07) is 22.6. The van der Waals surface area contributed by atoms with Crippen molar-refractivity contribution in [3.05, 3.63) is 95.1 Å². The molecule has 0 bridgehead atoms. The van der Waals surface area contributed by atoms with E-state index in [1.807, 2.05) is 26.0 Å². The minimum Gasteiger partial charge on any atom is -0.504 e. The number of ether oxygens (including phenoxy) is 2. The first-order valence-corrected chi connectivity index (χ1v) is 11.4. The van der Waals surface area contributed by atoms with Crippen LogP contribution >= 0.6 is 0 Å². The molecule has 0 aliphatic rings. The van der Waals surface area contributed by atoms with Gasteiger partial charge in [-0.2, -0.15) is 0 Å². The second kappa shape index (κ2) is 10.8. The second-order valence-electron chi connectivity index (χ2n) is 8.38. The summed E-state index contributed by atoms with van der Waals surface area (Å²) in [4.78, 5) is 9.23. The Labute approximate surface area is 210 Å². The number of rotatable bonds is 7. The van der Waals surface area contributed by atoms with Gasteiger partial charge in [-0.25, -0.2) is 0 Å². The Kier molecular flexibility index (Phi) is 7.35. The Balaban J connectivity index is 1.52. The van der Waals surface area contributed by atoms with Crippen molar-refractivity contribution in [2.24, 2.45) is 9.98 Å². The van der Waals surface area contributed by atoms with E-state index in [-0.39, 0.29) is 11.5 Å². The van der Waals surface area contributed by atoms with Crippen molar-refractivity contribution in [2.45, 2.75) is 13.8 Å². The summed E-state index contributed by atoms with van der Waals surface area (Å²) in [7, 11) is 3.04. The Morgan fingerprint density at radius 3 is 1.36 bits per heavy atom. The number of aryl methyl sites for hydroxylation is 2. The summed E-state index contributed by atoms with van der Waals surface area (Å²) in [6.45, 7) is 4.07. The lowest BCUT2D eigenvalue weighted by Crippen LogP contribution is -1.88. The zero-order valence-electron chi connectivity index (χ0n) is 20.7. The van der Waals surface area contributed by atoms with Gasteiger partial charge in [-0.05, 0) is 108 Å². The van der Waals surface area contributed by atoms with Crippen LogP contribution in [0.3, 0.4) is 0 Å². The maximum absolute atomic E-state index is 9.76. The molecule has 0 amide bonds. The zero-order valence-corrected chi connectivity index (χ0v) is 20.7. The van der Waals surface area contributed by atoms with Crippen LogP contribution < -0.4 is 9.47 Å². The highest BCUT2D eigenvalue weighted by atomic mass is 16.5. The molecule has 0 fully saturated rings. The Morgan fingerprint density at radius 2 is 1.00 bits per heavy atom. The minimum atomic E-state index is 0.0998. The van der Waals surface area contributed by atoms with Gasteiger partial charge >= 0.3 is 0 Å². The van der Waals surface area contributed by atoms with E-state index in [1.54, 1.807) is 48.8 Å². The smallest absolute Gasteiger partial charge is 0.161 e. The van der Waals surface area contributed by atoms with Gasteiger partial charge < -0.3 is 19.7 Å². The number of aromatic hydroxyl groups is 2. The van der Waals surface area contributed by atoms with Gasteiger partial charge in [0.1, 0.15) is 0 Å². The monoisotopic (exact) mass is 480 g/mol. The predicted octanol–water partition coefficient (Wildman–Crippen LogP) is 6.90. The van der Waals surface area contributed by atoms with Gasteiger partial charge in [0.2, 0.25) is 0 Å². The van der Waals surface area contributed by atoms with Gasteiger partial charge in [0, 0.05) is 12.4 Å². The zero-order chi connectivity index (χ0) is 25.7. The van der Waals surface area contributed by atoms with E-state index in [0.717, 1.165) is 44.8 Å². The van der Waals surface area contributed by atoms with Gasteiger partial charge in [0.05, 0.1) is 25.6 Å². The maximum atomic E-state index is 9.76. The van der Waals surface area contributed by atoms with Crippen LogP contribution in [-0.4, -0.2) is 36.9 Å². The molecule has 6 heteroatoms. The van der Waals surface area contributed by atoms with Gasteiger partial charge in [0.25, 0.3) is 0 Å². The molecule has 0 atom stereocenters. The molecule has 0 saturated carbocycles. The molecule has 36 heavy (non-hydrogen) atoms. The Hall–Kier alpha value is -4.58. The van der Waals surface area contributed by atoms with E-state index in [2.05, 4.69) is 34.3 Å². The lowest BCUT2D eigenvalue weighted by atomic mass is 10.00. The van der Waals surface area contributed by atoms with E-state index in [0.29, 0.717) is 11.5 Å². The number of hydrogen-bond donors (Lipinski definition) is 2. The highest BCUT2D eigenvalue weighted by Crippen LogP contribution is 2.31. The molecular weight excluding hydrogens is 452 g/mol. The number of nitrogens with zero attached hydrogens (tertiary/aromatic N) is 2. The molecule has 0 aromatic heterocycles. The molecule has 6 nitrogen and oxygen atoms in total. The largest absolute Gasteiger partial charge is 0.504 e. The van der Waals surface area contributed by atoms with Crippen molar-refractivity contribution < 1.29 is 19.7 Å². The first kappa shape index (κ1) is 24.5. The highest BCUT2D eigenvalue weighted by molar-refractivity contribution is 5.85. The molecule has 0 aliphatic heterocycles. The van der Waals surface area contributed by atoms with Gasteiger partial charge in [-0.3, -0.25) is 9.98 Å². The fraction of sp³-hybridized carbons (Fsp3) is 0.133. The fourth-order valence-electron chi connectivity index (χ4n) is 3.80. The molecule has 0 saturated heterocycles. The minimum absolute atomic E-state index is 0.0998. The molecule has 182 valence electrons. The summed E-state index contributed by atoms with van der Waals surface area (Å²) in [5, 5.41) is 19.5. The van der Waals surface area contributed by atoms with Crippen LogP contribution in [0.1, 0.15) is 22.3 Å². The average Bonchev–Trinajstić information content (AvgIpc) is 2.88.